The Kier molecular flexibility index (Phi) is 7.57. The van der Waals surface area contributed by atoms with Crippen LogP contribution in [0, 0.1) is 0 Å². The van der Waals surface area contributed by atoms with Crippen molar-refractivity contribution in [3.8, 4) is 0 Å². The molecule has 0 spiro atoms. The van der Waals surface area contributed by atoms with E-state index < -0.39 is 0 Å². The summed E-state index contributed by atoms with van der Waals surface area (Å²) in [5.74, 6) is -0.0850. The van der Waals surface area contributed by atoms with Crippen molar-refractivity contribution in [3.05, 3.63) is 34.9 Å². The van der Waals surface area contributed by atoms with Crippen LogP contribution in [0.3, 0.4) is 0 Å². The highest BCUT2D eigenvalue weighted by atomic mass is 35.5. The maximum Gasteiger partial charge on any atom is 0.239 e. The van der Waals surface area contributed by atoms with E-state index in [4.69, 9.17) is 11.6 Å². The van der Waals surface area contributed by atoms with E-state index in [0.29, 0.717) is 11.6 Å². The van der Waals surface area contributed by atoms with Gasteiger partial charge >= 0.3 is 0 Å². The minimum Gasteiger partial charge on any atom is -0.354 e. The van der Waals surface area contributed by atoms with Crippen LogP contribution in [0.2, 0.25) is 5.02 Å². The van der Waals surface area contributed by atoms with Crippen LogP contribution in [-0.2, 0) is 16.0 Å². The van der Waals surface area contributed by atoms with Gasteiger partial charge < -0.3 is 10.2 Å². The molecule has 24 heavy (non-hydrogen) atoms. The fraction of sp³-hybridized carbons (Fsp3) is 0.579. The molecule has 1 N–H and O–H groups in total. The van der Waals surface area contributed by atoms with Gasteiger partial charge in [-0.1, -0.05) is 49.4 Å². The van der Waals surface area contributed by atoms with Gasteiger partial charge in [-0.15, -0.1) is 0 Å². The van der Waals surface area contributed by atoms with Gasteiger partial charge in [0, 0.05) is 24.5 Å². The minimum atomic E-state index is -0.0802. The Labute approximate surface area is 149 Å². The zero-order valence-electron chi connectivity index (χ0n) is 14.4. The molecular weight excluding hydrogens is 324 g/mol. The Balaban J connectivity index is 1.79. The number of halogens is 1. The average molecular weight is 351 g/mol. The summed E-state index contributed by atoms with van der Waals surface area (Å²) in [5.41, 5.74) is 1.13. The molecule has 2 amide bonds. The van der Waals surface area contributed by atoms with Gasteiger partial charge in [-0.2, -0.15) is 0 Å². The monoisotopic (exact) mass is 350 g/mol. The zero-order valence-corrected chi connectivity index (χ0v) is 15.1. The second kappa shape index (κ2) is 9.67. The van der Waals surface area contributed by atoms with Gasteiger partial charge in [-0.25, -0.2) is 0 Å². The molecule has 5 heteroatoms. The first-order valence-electron chi connectivity index (χ1n) is 8.84. The van der Waals surface area contributed by atoms with Crippen molar-refractivity contribution in [1.82, 2.24) is 10.2 Å². The first-order valence-corrected chi connectivity index (χ1v) is 9.22. The molecule has 0 unspecified atom stereocenters. The second-order valence-electron chi connectivity index (χ2n) is 6.52. The van der Waals surface area contributed by atoms with Crippen molar-refractivity contribution in [2.75, 3.05) is 13.1 Å². The molecule has 1 aromatic carbocycles. The molecule has 0 atom stereocenters. The molecule has 0 radical (unpaired) electrons. The van der Waals surface area contributed by atoms with Crippen LogP contribution in [0.5, 0.6) is 0 Å². The molecule has 0 bridgehead atoms. The van der Waals surface area contributed by atoms with Crippen molar-refractivity contribution in [2.24, 2.45) is 0 Å². The third-order valence-corrected chi connectivity index (χ3v) is 4.88. The lowest BCUT2D eigenvalue weighted by Crippen LogP contribution is -2.45. The molecular formula is C19H27ClN2O2. The summed E-state index contributed by atoms with van der Waals surface area (Å²) in [6.45, 7) is 2.30. The number of amides is 2. The van der Waals surface area contributed by atoms with Crippen LogP contribution in [-0.4, -0.2) is 35.8 Å². The van der Waals surface area contributed by atoms with Gasteiger partial charge in [0.25, 0.3) is 0 Å². The van der Waals surface area contributed by atoms with Gasteiger partial charge in [-0.05, 0) is 37.0 Å². The Morgan fingerprint density at radius 3 is 2.33 bits per heavy atom. The molecule has 1 aliphatic rings. The predicted octanol–water partition coefficient (Wildman–Crippen LogP) is 3.57. The largest absolute Gasteiger partial charge is 0.354 e. The number of carbonyl (C=O) groups excluding carboxylic acids is 2. The molecule has 4 nitrogen and oxygen atoms in total. The molecule has 1 aliphatic carbocycles. The van der Waals surface area contributed by atoms with E-state index in [1.54, 1.807) is 11.8 Å². The second-order valence-corrected chi connectivity index (χ2v) is 6.96. The highest BCUT2D eigenvalue weighted by Crippen LogP contribution is 2.22. The predicted molar refractivity (Wildman–Crippen MR) is 97.0 cm³/mol. The molecule has 0 aromatic heterocycles. The van der Waals surface area contributed by atoms with Crippen LogP contribution >= 0.6 is 11.6 Å². The van der Waals surface area contributed by atoms with Crippen LogP contribution in [0.25, 0.3) is 0 Å². The number of benzene rings is 1. The summed E-state index contributed by atoms with van der Waals surface area (Å²) in [6.07, 6.45) is 7.53. The summed E-state index contributed by atoms with van der Waals surface area (Å²) in [5, 5.41) is 3.63. The quantitative estimate of drug-likeness (QED) is 0.797. The zero-order chi connectivity index (χ0) is 17.4. The van der Waals surface area contributed by atoms with E-state index in [1.807, 2.05) is 24.3 Å². The summed E-state index contributed by atoms with van der Waals surface area (Å²) in [4.78, 5) is 25.9. The van der Waals surface area contributed by atoms with E-state index in [1.165, 1.54) is 12.8 Å². The third kappa shape index (κ3) is 6.16. The third-order valence-electron chi connectivity index (χ3n) is 4.63. The first-order chi connectivity index (χ1) is 11.6. The summed E-state index contributed by atoms with van der Waals surface area (Å²) in [6, 6.07) is 7.83. The minimum absolute atomic E-state index is 0.00486. The number of hydrogen-bond acceptors (Lipinski definition) is 2. The molecule has 1 saturated carbocycles. The van der Waals surface area contributed by atoms with E-state index in [0.717, 1.165) is 37.7 Å². The molecule has 1 aromatic rings. The number of nitrogens with one attached hydrogen (secondary N) is 1. The van der Waals surface area contributed by atoms with Crippen LogP contribution in [0.4, 0.5) is 0 Å². The van der Waals surface area contributed by atoms with Gasteiger partial charge in [0.05, 0.1) is 6.54 Å². The van der Waals surface area contributed by atoms with Gasteiger partial charge in [-0.3, -0.25) is 9.59 Å². The number of carbonyl (C=O) groups is 2. The SMILES string of the molecule is CC(=O)N(CC(=O)NCCc1ccc(Cl)cc1)C1CCCCCC1. The maximum atomic E-state index is 12.2. The first kappa shape index (κ1) is 18.8. The summed E-state index contributed by atoms with van der Waals surface area (Å²) < 4.78 is 0. The molecule has 1 fully saturated rings. The normalized spacial score (nSPS) is 15.6. The Bertz CT molecular complexity index is 537. The van der Waals surface area contributed by atoms with Crippen LogP contribution in [0.1, 0.15) is 51.0 Å². The average Bonchev–Trinajstić information content (AvgIpc) is 2.83. The molecule has 0 aliphatic heterocycles. The number of nitrogens with zero attached hydrogens (tertiary/aromatic N) is 1. The van der Waals surface area contributed by atoms with Crippen molar-refractivity contribution >= 4 is 23.4 Å². The van der Waals surface area contributed by atoms with Crippen molar-refractivity contribution < 1.29 is 9.59 Å². The fourth-order valence-corrected chi connectivity index (χ4v) is 3.40. The van der Waals surface area contributed by atoms with Crippen molar-refractivity contribution in [2.45, 2.75) is 57.9 Å². The lowest BCUT2D eigenvalue weighted by Gasteiger charge is -2.29. The van der Waals surface area contributed by atoms with Crippen molar-refractivity contribution in [1.29, 1.82) is 0 Å². The van der Waals surface area contributed by atoms with E-state index in [9.17, 15) is 9.59 Å². The number of rotatable bonds is 6. The van der Waals surface area contributed by atoms with E-state index in [-0.39, 0.29) is 24.4 Å². The molecule has 132 valence electrons. The van der Waals surface area contributed by atoms with Crippen LogP contribution in [0.15, 0.2) is 24.3 Å². The van der Waals surface area contributed by atoms with E-state index >= 15 is 0 Å². The topological polar surface area (TPSA) is 49.4 Å². The summed E-state index contributed by atoms with van der Waals surface area (Å²) in [7, 11) is 0. The smallest absolute Gasteiger partial charge is 0.239 e. The van der Waals surface area contributed by atoms with Crippen LogP contribution < -0.4 is 5.32 Å². The fourth-order valence-electron chi connectivity index (χ4n) is 3.27. The highest BCUT2D eigenvalue weighted by molar-refractivity contribution is 6.30. The maximum absolute atomic E-state index is 12.2. The molecule has 0 saturated heterocycles. The molecule has 2 rings (SSSR count). The molecule has 0 heterocycles. The Hall–Kier alpha value is -1.55. The van der Waals surface area contributed by atoms with E-state index in [2.05, 4.69) is 5.32 Å². The highest BCUT2D eigenvalue weighted by Gasteiger charge is 2.24. The lowest BCUT2D eigenvalue weighted by atomic mass is 10.1. The number of hydrogen-bond donors (Lipinski definition) is 1. The van der Waals surface area contributed by atoms with Gasteiger partial charge in [0.2, 0.25) is 11.8 Å². The van der Waals surface area contributed by atoms with Gasteiger partial charge in [0.15, 0.2) is 0 Å². The van der Waals surface area contributed by atoms with Gasteiger partial charge in [0.1, 0.15) is 0 Å². The van der Waals surface area contributed by atoms with Crippen molar-refractivity contribution in [3.63, 3.8) is 0 Å². The lowest BCUT2D eigenvalue weighted by molar-refractivity contribution is -0.136. The Morgan fingerprint density at radius 2 is 1.75 bits per heavy atom. The Morgan fingerprint density at radius 1 is 1.12 bits per heavy atom. The standard InChI is InChI=1S/C19H27ClN2O2/c1-15(23)22(18-6-4-2-3-5-7-18)14-19(24)21-13-12-16-8-10-17(20)11-9-16/h8-11,18H,2-7,12-14H2,1H3,(H,21,24). The summed E-state index contributed by atoms with van der Waals surface area (Å²) >= 11 is 5.86.